The minimum Gasteiger partial charge on any atom is -0.376 e. The molecule has 0 bridgehead atoms. The second-order valence-corrected chi connectivity index (χ2v) is 6.70. The predicted molar refractivity (Wildman–Crippen MR) is 75.3 cm³/mol. The summed E-state index contributed by atoms with van der Waals surface area (Å²) < 4.78 is 34.1. The lowest BCUT2D eigenvalue weighted by Gasteiger charge is -2.08. The van der Waals surface area contributed by atoms with Gasteiger partial charge in [0.15, 0.2) is 0 Å². The van der Waals surface area contributed by atoms with Gasteiger partial charge in [-0.05, 0) is 19.8 Å². The fourth-order valence-corrected chi connectivity index (χ4v) is 3.50. The normalized spacial score (nSPS) is 19.0. The van der Waals surface area contributed by atoms with Gasteiger partial charge in [0.25, 0.3) is 10.0 Å². The standard InChI is InChI=1S/C12H17N5O3S/c1-9-12(6-13-15-9)21(18,19)16-10-5-14-17(7-10)8-11-3-2-4-20-11/h5-7,11,16H,2-4,8H2,1H3,(H,13,15). The molecule has 114 valence electrons. The van der Waals surface area contributed by atoms with Crippen LogP contribution in [0, 0.1) is 6.92 Å². The van der Waals surface area contributed by atoms with Gasteiger partial charge in [-0.3, -0.25) is 14.5 Å². The van der Waals surface area contributed by atoms with Crippen LogP contribution in [-0.4, -0.2) is 41.1 Å². The van der Waals surface area contributed by atoms with Crippen LogP contribution in [0.4, 0.5) is 5.69 Å². The highest BCUT2D eigenvalue weighted by Gasteiger charge is 2.20. The maximum atomic E-state index is 12.2. The van der Waals surface area contributed by atoms with Crippen molar-refractivity contribution in [3.05, 3.63) is 24.3 Å². The van der Waals surface area contributed by atoms with Gasteiger partial charge in [-0.1, -0.05) is 0 Å². The Balaban J connectivity index is 1.70. The van der Waals surface area contributed by atoms with Crippen LogP contribution >= 0.6 is 0 Å². The molecular formula is C12H17N5O3S. The van der Waals surface area contributed by atoms with E-state index in [1.54, 1.807) is 17.8 Å². The number of nitrogens with one attached hydrogen (secondary N) is 2. The summed E-state index contributed by atoms with van der Waals surface area (Å²) >= 11 is 0. The van der Waals surface area contributed by atoms with Gasteiger partial charge in [0, 0.05) is 12.8 Å². The summed E-state index contributed by atoms with van der Waals surface area (Å²) in [7, 11) is -3.64. The third-order valence-corrected chi connectivity index (χ3v) is 4.87. The van der Waals surface area contributed by atoms with Crippen LogP contribution in [0.2, 0.25) is 0 Å². The molecule has 8 nitrogen and oxygen atoms in total. The summed E-state index contributed by atoms with van der Waals surface area (Å²) in [6.45, 7) is 3.07. The van der Waals surface area contributed by atoms with E-state index in [1.165, 1.54) is 12.4 Å². The lowest BCUT2D eigenvalue weighted by Crippen LogP contribution is -2.15. The molecule has 21 heavy (non-hydrogen) atoms. The number of hydrogen-bond acceptors (Lipinski definition) is 5. The maximum Gasteiger partial charge on any atom is 0.265 e. The second-order valence-electron chi connectivity index (χ2n) is 5.05. The van der Waals surface area contributed by atoms with Crippen LogP contribution in [-0.2, 0) is 21.3 Å². The van der Waals surface area contributed by atoms with Crippen molar-refractivity contribution in [2.24, 2.45) is 0 Å². The summed E-state index contributed by atoms with van der Waals surface area (Å²) in [5.41, 5.74) is 0.919. The number of rotatable bonds is 5. The molecule has 2 aromatic heterocycles. The van der Waals surface area contributed by atoms with Crippen molar-refractivity contribution in [1.29, 1.82) is 0 Å². The molecule has 1 aliphatic rings. The molecule has 1 saturated heterocycles. The van der Waals surface area contributed by atoms with Crippen molar-refractivity contribution in [1.82, 2.24) is 20.0 Å². The largest absolute Gasteiger partial charge is 0.376 e. The van der Waals surface area contributed by atoms with Gasteiger partial charge in [-0.2, -0.15) is 10.2 Å². The molecule has 0 aliphatic carbocycles. The van der Waals surface area contributed by atoms with Crippen molar-refractivity contribution in [2.75, 3.05) is 11.3 Å². The Morgan fingerprint density at radius 3 is 3.05 bits per heavy atom. The SMILES string of the molecule is Cc1[nH]ncc1S(=O)(=O)Nc1cnn(CC2CCCO2)c1. The highest BCUT2D eigenvalue weighted by atomic mass is 32.2. The third kappa shape index (κ3) is 3.08. The van der Waals surface area contributed by atoms with Gasteiger partial charge in [0.05, 0.1) is 36.4 Å². The Labute approximate surface area is 122 Å². The van der Waals surface area contributed by atoms with Crippen molar-refractivity contribution in [3.63, 3.8) is 0 Å². The zero-order chi connectivity index (χ0) is 14.9. The molecular weight excluding hydrogens is 294 g/mol. The van der Waals surface area contributed by atoms with Crippen molar-refractivity contribution in [2.45, 2.75) is 37.3 Å². The van der Waals surface area contributed by atoms with Crippen LogP contribution in [0.25, 0.3) is 0 Å². The van der Waals surface area contributed by atoms with Gasteiger partial charge in [-0.25, -0.2) is 8.42 Å². The summed E-state index contributed by atoms with van der Waals surface area (Å²) in [6.07, 6.45) is 6.66. The first-order valence-electron chi connectivity index (χ1n) is 6.71. The topological polar surface area (TPSA) is 102 Å². The lowest BCUT2D eigenvalue weighted by molar-refractivity contribution is 0.0940. The average molecular weight is 311 g/mol. The molecule has 0 spiro atoms. The highest BCUT2D eigenvalue weighted by molar-refractivity contribution is 7.92. The Kier molecular flexibility index (Phi) is 3.68. The van der Waals surface area contributed by atoms with Crippen molar-refractivity contribution in [3.8, 4) is 0 Å². The predicted octanol–water partition coefficient (Wildman–Crippen LogP) is 0.894. The minimum absolute atomic E-state index is 0.134. The van der Waals surface area contributed by atoms with E-state index in [0.29, 0.717) is 17.9 Å². The molecule has 1 atom stereocenters. The molecule has 2 N–H and O–H groups in total. The second kappa shape index (κ2) is 5.49. The number of aromatic amines is 1. The fraction of sp³-hybridized carbons (Fsp3) is 0.500. The van der Waals surface area contributed by atoms with E-state index >= 15 is 0 Å². The Morgan fingerprint density at radius 1 is 1.52 bits per heavy atom. The molecule has 9 heteroatoms. The first-order chi connectivity index (χ1) is 10.0. The van der Waals surface area contributed by atoms with Gasteiger partial charge < -0.3 is 4.74 Å². The van der Waals surface area contributed by atoms with E-state index < -0.39 is 10.0 Å². The van der Waals surface area contributed by atoms with Crippen LogP contribution in [0.15, 0.2) is 23.5 Å². The molecule has 3 heterocycles. The Hall–Kier alpha value is -1.87. The van der Waals surface area contributed by atoms with Gasteiger partial charge in [0.2, 0.25) is 0 Å². The van der Waals surface area contributed by atoms with E-state index in [4.69, 9.17) is 4.74 Å². The average Bonchev–Trinajstić information content (AvgIpc) is 3.12. The van der Waals surface area contributed by atoms with E-state index in [2.05, 4.69) is 20.0 Å². The number of anilines is 1. The summed E-state index contributed by atoms with van der Waals surface area (Å²) in [4.78, 5) is 0.134. The monoisotopic (exact) mass is 311 g/mol. The number of aryl methyl sites for hydroxylation is 1. The minimum atomic E-state index is -3.64. The molecule has 3 rings (SSSR count). The molecule has 0 radical (unpaired) electrons. The van der Waals surface area contributed by atoms with Crippen molar-refractivity contribution >= 4 is 15.7 Å². The number of H-pyrrole nitrogens is 1. The number of sulfonamides is 1. The number of nitrogens with zero attached hydrogens (tertiary/aromatic N) is 3. The fourth-order valence-electron chi connectivity index (χ4n) is 2.33. The maximum absolute atomic E-state index is 12.2. The number of ether oxygens (including phenoxy) is 1. The number of hydrogen-bond donors (Lipinski definition) is 2. The zero-order valence-corrected chi connectivity index (χ0v) is 12.4. The van der Waals surface area contributed by atoms with Crippen LogP contribution in [0.3, 0.4) is 0 Å². The molecule has 2 aromatic rings. The zero-order valence-electron chi connectivity index (χ0n) is 11.6. The Morgan fingerprint density at radius 2 is 2.38 bits per heavy atom. The van der Waals surface area contributed by atoms with Crippen LogP contribution < -0.4 is 4.72 Å². The molecule has 0 aromatic carbocycles. The summed E-state index contributed by atoms with van der Waals surface area (Å²) in [5, 5.41) is 10.5. The Bertz CT molecular complexity index is 715. The molecule has 0 amide bonds. The summed E-state index contributed by atoms with van der Waals surface area (Å²) in [6, 6.07) is 0. The molecule has 1 unspecified atom stereocenters. The van der Waals surface area contributed by atoms with E-state index in [9.17, 15) is 8.42 Å². The van der Waals surface area contributed by atoms with Crippen LogP contribution in [0.5, 0.6) is 0 Å². The third-order valence-electron chi connectivity index (χ3n) is 3.37. The molecule has 0 saturated carbocycles. The van der Waals surface area contributed by atoms with Gasteiger partial charge in [-0.15, -0.1) is 0 Å². The van der Waals surface area contributed by atoms with Gasteiger partial charge in [0.1, 0.15) is 4.90 Å². The number of aromatic nitrogens is 4. The quantitative estimate of drug-likeness (QED) is 0.854. The van der Waals surface area contributed by atoms with Crippen molar-refractivity contribution < 1.29 is 13.2 Å². The first kappa shape index (κ1) is 14.1. The van der Waals surface area contributed by atoms with E-state index in [0.717, 1.165) is 19.4 Å². The smallest absolute Gasteiger partial charge is 0.265 e. The van der Waals surface area contributed by atoms with Crippen LogP contribution in [0.1, 0.15) is 18.5 Å². The molecule has 1 fully saturated rings. The lowest BCUT2D eigenvalue weighted by atomic mass is 10.2. The summed E-state index contributed by atoms with van der Waals surface area (Å²) in [5.74, 6) is 0. The van der Waals surface area contributed by atoms with Gasteiger partial charge >= 0.3 is 0 Å². The first-order valence-corrected chi connectivity index (χ1v) is 8.20. The highest BCUT2D eigenvalue weighted by Crippen LogP contribution is 2.18. The van der Waals surface area contributed by atoms with E-state index in [-0.39, 0.29) is 11.0 Å². The van der Waals surface area contributed by atoms with E-state index in [1.807, 2.05) is 0 Å². The molecule has 1 aliphatic heterocycles.